The number of amides is 1. The lowest BCUT2D eigenvalue weighted by Crippen LogP contribution is -2.13. The Morgan fingerprint density at radius 2 is 1.71 bits per heavy atom. The molecule has 0 aliphatic heterocycles. The Labute approximate surface area is 204 Å². The predicted octanol–water partition coefficient (Wildman–Crippen LogP) is 4.77. The second-order valence-electron chi connectivity index (χ2n) is 7.05. The van der Waals surface area contributed by atoms with E-state index in [1.54, 1.807) is 12.1 Å². The zero-order valence-corrected chi connectivity index (χ0v) is 20.1. The van der Waals surface area contributed by atoms with Gasteiger partial charge in [0.05, 0.1) is 10.0 Å². The molecule has 34 heavy (non-hydrogen) atoms. The van der Waals surface area contributed by atoms with E-state index >= 15 is 0 Å². The topological polar surface area (TPSA) is 134 Å². The molecule has 0 atom stereocenters. The van der Waals surface area contributed by atoms with Crippen molar-refractivity contribution in [3.05, 3.63) is 93.5 Å². The van der Waals surface area contributed by atoms with E-state index in [9.17, 15) is 23.3 Å². The number of anilines is 1. The van der Waals surface area contributed by atoms with Crippen LogP contribution in [-0.2, 0) is 14.9 Å². The van der Waals surface area contributed by atoms with Gasteiger partial charge in [-0.05, 0) is 83.0 Å². The first kappa shape index (κ1) is 24.7. The lowest BCUT2D eigenvalue weighted by molar-refractivity contribution is -0.112. The maximum Gasteiger partial charge on any atom is 0.339 e. The SMILES string of the molecule is Cc1ccc(S(=O)(=O)Oc2ccc(/C=C(\C#N)C(=O)Nc3ccc(C(=O)O)cc3)cc2Br)cc1. The van der Waals surface area contributed by atoms with Crippen LogP contribution in [0.2, 0.25) is 0 Å². The van der Waals surface area contributed by atoms with Crippen molar-refractivity contribution >= 4 is 49.7 Å². The van der Waals surface area contributed by atoms with Crippen LogP contribution < -0.4 is 9.50 Å². The molecule has 0 bridgehead atoms. The summed E-state index contributed by atoms with van der Waals surface area (Å²) >= 11 is 3.25. The van der Waals surface area contributed by atoms with E-state index in [-0.39, 0.29) is 21.8 Å². The van der Waals surface area contributed by atoms with Crippen molar-refractivity contribution in [2.75, 3.05) is 5.32 Å². The molecule has 0 saturated heterocycles. The van der Waals surface area contributed by atoms with Crippen molar-refractivity contribution in [2.45, 2.75) is 11.8 Å². The summed E-state index contributed by atoms with van der Waals surface area (Å²) in [5.41, 5.74) is 1.52. The Balaban J connectivity index is 1.77. The van der Waals surface area contributed by atoms with Crippen molar-refractivity contribution in [1.82, 2.24) is 0 Å². The van der Waals surface area contributed by atoms with Gasteiger partial charge >= 0.3 is 16.1 Å². The maximum absolute atomic E-state index is 12.5. The maximum atomic E-state index is 12.5. The highest BCUT2D eigenvalue weighted by molar-refractivity contribution is 9.10. The fourth-order valence-electron chi connectivity index (χ4n) is 2.76. The molecule has 2 N–H and O–H groups in total. The third-order valence-corrected chi connectivity index (χ3v) is 6.40. The Hall–Kier alpha value is -3.94. The first-order valence-corrected chi connectivity index (χ1v) is 11.9. The van der Waals surface area contributed by atoms with E-state index in [2.05, 4.69) is 21.2 Å². The van der Waals surface area contributed by atoms with Crippen molar-refractivity contribution in [3.63, 3.8) is 0 Å². The standard InChI is InChI=1S/C24H17BrN2O6S/c1-15-2-9-20(10-3-15)34(31,32)33-22-11-4-16(13-21(22)25)12-18(14-26)23(28)27-19-7-5-17(6-8-19)24(29)30/h2-13H,1H3,(H,27,28)(H,29,30)/b18-12+. The molecule has 3 rings (SSSR count). The highest BCUT2D eigenvalue weighted by Gasteiger charge is 2.18. The predicted molar refractivity (Wildman–Crippen MR) is 129 cm³/mol. The molecule has 0 aliphatic rings. The van der Waals surface area contributed by atoms with Crippen LogP contribution in [0.25, 0.3) is 6.08 Å². The van der Waals surface area contributed by atoms with Gasteiger partial charge in [0.1, 0.15) is 16.5 Å². The average Bonchev–Trinajstić information content (AvgIpc) is 2.79. The van der Waals surface area contributed by atoms with Crippen LogP contribution in [0.15, 0.2) is 81.7 Å². The van der Waals surface area contributed by atoms with Crippen molar-refractivity contribution in [1.29, 1.82) is 5.26 Å². The van der Waals surface area contributed by atoms with Gasteiger partial charge in [-0.15, -0.1) is 0 Å². The van der Waals surface area contributed by atoms with Gasteiger partial charge < -0.3 is 14.6 Å². The second-order valence-corrected chi connectivity index (χ2v) is 9.45. The molecular weight excluding hydrogens is 524 g/mol. The lowest BCUT2D eigenvalue weighted by Gasteiger charge is -2.10. The van der Waals surface area contributed by atoms with Gasteiger partial charge in [0, 0.05) is 5.69 Å². The molecular formula is C24H17BrN2O6S. The first-order chi connectivity index (χ1) is 16.1. The number of rotatable bonds is 7. The van der Waals surface area contributed by atoms with E-state index in [4.69, 9.17) is 9.29 Å². The van der Waals surface area contributed by atoms with Crippen LogP contribution in [0.4, 0.5) is 5.69 Å². The van der Waals surface area contributed by atoms with Gasteiger partial charge in [0.2, 0.25) is 0 Å². The molecule has 3 aromatic rings. The van der Waals surface area contributed by atoms with E-state index in [1.807, 2.05) is 13.0 Å². The summed E-state index contributed by atoms with van der Waals surface area (Å²) in [7, 11) is -4.05. The van der Waals surface area contributed by atoms with Crippen LogP contribution in [-0.4, -0.2) is 25.4 Å². The Bertz CT molecular complexity index is 1420. The number of carbonyl (C=O) groups excluding carboxylic acids is 1. The molecule has 0 heterocycles. The van der Waals surface area contributed by atoms with E-state index in [1.165, 1.54) is 60.7 Å². The van der Waals surface area contributed by atoms with Crippen molar-refractivity contribution < 1.29 is 27.3 Å². The second kappa shape index (κ2) is 10.3. The molecule has 8 nitrogen and oxygen atoms in total. The Morgan fingerprint density at radius 1 is 1.06 bits per heavy atom. The van der Waals surface area contributed by atoms with Gasteiger partial charge in [-0.3, -0.25) is 4.79 Å². The summed E-state index contributed by atoms with van der Waals surface area (Å²) in [6.45, 7) is 1.84. The number of benzene rings is 3. The average molecular weight is 541 g/mol. The molecule has 0 aliphatic carbocycles. The number of nitrogens with one attached hydrogen (secondary N) is 1. The number of hydrogen-bond donors (Lipinski definition) is 2. The largest absolute Gasteiger partial charge is 0.478 e. The van der Waals surface area contributed by atoms with Crippen LogP contribution in [0.1, 0.15) is 21.5 Å². The normalized spacial score (nSPS) is 11.4. The summed E-state index contributed by atoms with van der Waals surface area (Å²) in [6.07, 6.45) is 1.32. The molecule has 0 radical (unpaired) electrons. The number of nitrogens with zero attached hydrogens (tertiary/aromatic N) is 1. The number of halogens is 1. The molecule has 0 aromatic heterocycles. The van der Waals surface area contributed by atoms with E-state index in [0.717, 1.165) is 5.56 Å². The van der Waals surface area contributed by atoms with E-state index < -0.39 is 22.0 Å². The number of aryl methyl sites for hydroxylation is 1. The number of carbonyl (C=O) groups is 2. The number of carboxylic acid groups (broad SMARTS) is 1. The number of hydrogen-bond acceptors (Lipinski definition) is 6. The molecule has 0 saturated carbocycles. The van der Waals surface area contributed by atoms with Crippen LogP contribution in [0, 0.1) is 18.3 Å². The number of nitriles is 1. The van der Waals surface area contributed by atoms with Crippen LogP contribution >= 0.6 is 15.9 Å². The fourth-order valence-corrected chi connectivity index (χ4v) is 4.29. The molecule has 0 spiro atoms. The third kappa shape index (κ3) is 6.10. The lowest BCUT2D eigenvalue weighted by atomic mass is 10.1. The van der Waals surface area contributed by atoms with Gasteiger partial charge in [-0.1, -0.05) is 23.8 Å². The molecule has 1 amide bonds. The van der Waals surface area contributed by atoms with E-state index in [0.29, 0.717) is 15.7 Å². The highest BCUT2D eigenvalue weighted by Crippen LogP contribution is 2.30. The summed E-state index contributed by atoms with van der Waals surface area (Å²) in [5, 5.41) is 20.9. The number of aromatic carboxylic acids is 1. The third-order valence-electron chi connectivity index (χ3n) is 4.53. The molecule has 0 unspecified atom stereocenters. The fraction of sp³-hybridized carbons (Fsp3) is 0.0417. The first-order valence-electron chi connectivity index (χ1n) is 9.66. The summed E-state index contributed by atoms with van der Waals surface area (Å²) in [4.78, 5) is 23.4. The van der Waals surface area contributed by atoms with Gasteiger partial charge in [-0.25, -0.2) is 4.79 Å². The molecule has 172 valence electrons. The molecule has 10 heteroatoms. The van der Waals surface area contributed by atoms with Gasteiger partial charge in [0.25, 0.3) is 5.91 Å². The zero-order chi connectivity index (χ0) is 24.9. The monoisotopic (exact) mass is 540 g/mol. The van der Waals surface area contributed by atoms with Crippen molar-refractivity contribution in [2.24, 2.45) is 0 Å². The molecule has 3 aromatic carbocycles. The van der Waals surface area contributed by atoms with Gasteiger partial charge in [-0.2, -0.15) is 13.7 Å². The zero-order valence-electron chi connectivity index (χ0n) is 17.7. The molecule has 0 fully saturated rings. The summed E-state index contributed by atoms with van der Waals surface area (Å²) in [6, 6.07) is 17.9. The van der Waals surface area contributed by atoms with Crippen LogP contribution in [0.5, 0.6) is 5.75 Å². The quantitative estimate of drug-likeness (QED) is 0.250. The van der Waals surface area contributed by atoms with Crippen molar-refractivity contribution in [3.8, 4) is 11.8 Å². The van der Waals surface area contributed by atoms with Gasteiger partial charge in [0.15, 0.2) is 5.75 Å². The summed E-state index contributed by atoms with van der Waals surface area (Å²) < 4.78 is 30.5. The Kier molecular flexibility index (Phi) is 7.50. The Morgan fingerprint density at radius 3 is 2.26 bits per heavy atom. The minimum Gasteiger partial charge on any atom is -0.478 e. The summed E-state index contributed by atoms with van der Waals surface area (Å²) in [5.74, 6) is -1.75. The smallest absolute Gasteiger partial charge is 0.339 e. The minimum absolute atomic E-state index is 0.00815. The van der Waals surface area contributed by atoms with Crippen LogP contribution in [0.3, 0.4) is 0 Å². The highest BCUT2D eigenvalue weighted by atomic mass is 79.9. The minimum atomic E-state index is -4.05. The number of carboxylic acids is 1.